The van der Waals surface area contributed by atoms with Crippen LogP contribution in [0.25, 0.3) is 0 Å². The lowest BCUT2D eigenvalue weighted by Crippen LogP contribution is -2.47. The highest BCUT2D eigenvalue weighted by molar-refractivity contribution is 8.00. The van der Waals surface area contributed by atoms with Crippen molar-refractivity contribution in [2.45, 2.75) is 25.3 Å². The predicted octanol–water partition coefficient (Wildman–Crippen LogP) is 0.613. The molecule has 0 saturated heterocycles. The lowest BCUT2D eigenvalue weighted by molar-refractivity contribution is -0.133. The van der Waals surface area contributed by atoms with E-state index in [2.05, 4.69) is 11.4 Å². The second kappa shape index (κ2) is 5.21. The molecular formula is C10H14N2O3S. The zero-order valence-electron chi connectivity index (χ0n) is 9.02. The molecule has 1 unspecified atom stereocenters. The molecule has 0 aliphatic heterocycles. The van der Waals surface area contributed by atoms with Crippen molar-refractivity contribution in [2.75, 3.05) is 11.5 Å². The fourth-order valence-electron chi connectivity index (χ4n) is 1.44. The van der Waals surface area contributed by atoms with Gasteiger partial charge in [0, 0.05) is 0 Å². The second-order valence-corrected chi connectivity index (χ2v) is 5.01. The minimum atomic E-state index is -0.942. The molecule has 5 nitrogen and oxygen atoms in total. The van der Waals surface area contributed by atoms with Crippen molar-refractivity contribution < 1.29 is 14.7 Å². The molecule has 16 heavy (non-hydrogen) atoms. The van der Waals surface area contributed by atoms with Crippen molar-refractivity contribution in [3.8, 4) is 6.07 Å². The molecule has 0 spiro atoms. The van der Waals surface area contributed by atoms with Gasteiger partial charge >= 0.3 is 5.97 Å². The molecule has 2 N–H and O–H groups in total. The minimum absolute atomic E-state index is 0.0797. The summed E-state index contributed by atoms with van der Waals surface area (Å²) >= 11 is 1.03. The highest BCUT2D eigenvalue weighted by atomic mass is 32.2. The van der Waals surface area contributed by atoms with E-state index in [4.69, 9.17) is 10.4 Å². The lowest BCUT2D eigenvalue weighted by atomic mass is 9.98. The number of thioether (sulfide) groups is 1. The van der Waals surface area contributed by atoms with Gasteiger partial charge in [0.05, 0.1) is 17.6 Å². The maximum absolute atomic E-state index is 11.5. The number of hydrogen-bond acceptors (Lipinski definition) is 4. The van der Waals surface area contributed by atoms with Crippen molar-refractivity contribution in [3.63, 3.8) is 0 Å². The average molecular weight is 242 g/mol. The minimum Gasteiger partial charge on any atom is -0.481 e. The van der Waals surface area contributed by atoms with Crippen LogP contribution in [0.5, 0.6) is 0 Å². The van der Waals surface area contributed by atoms with E-state index in [0.717, 1.165) is 24.6 Å². The maximum atomic E-state index is 11.5. The summed E-state index contributed by atoms with van der Waals surface area (Å²) in [6, 6.07) is 2.11. The lowest BCUT2D eigenvalue weighted by Gasteiger charge is -2.22. The fourth-order valence-corrected chi connectivity index (χ4v) is 1.97. The summed E-state index contributed by atoms with van der Waals surface area (Å²) in [6.07, 6.45) is 1.93. The zero-order chi connectivity index (χ0) is 12.2. The van der Waals surface area contributed by atoms with E-state index in [-0.39, 0.29) is 23.3 Å². The van der Waals surface area contributed by atoms with Gasteiger partial charge in [-0.05, 0) is 25.7 Å². The third kappa shape index (κ3) is 3.74. The third-order valence-corrected chi connectivity index (χ3v) is 3.40. The quantitative estimate of drug-likeness (QED) is 0.712. The first kappa shape index (κ1) is 12.8. The van der Waals surface area contributed by atoms with Crippen LogP contribution in [0.2, 0.25) is 0 Å². The standard InChI is InChI=1S/C10H14N2O3S/c1-10(6-11,7-2-3-7)12-8(13)4-16-5-9(14)15/h7H,2-5H2,1H3,(H,12,13)(H,14,15). The van der Waals surface area contributed by atoms with Gasteiger partial charge in [0.1, 0.15) is 5.54 Å². The second-order valence-electron chi connectivity index (χ2n) is 4.02. The van der Waals surface area contributed by atoms with Crippen LogP contribution in [0.1, 0.15) is 19.8 Å². The van der Waals surface area contributed by atoms with Gasteiger partial charge in [0.15, 0.2) is 0 Å². The molecule has 0 aromatic rings. The summed E-state index contributed by atoms with van der Waals surface area (Å²) in [7, 11) is 0. The van der Waals surface area contributed by atoms with Gasteiger partial charge < -0.3 is 10.4 Å². The summed E-state index contributed by atoms with van der Waals surface area (Å²) in [4.78, 5) is 21.7. The maximum Gasteiger partial charge on any atom is 0.313 e. The average Bonchev–Trinajstić information content (AvgIpc) is 3.00. The van der Waals surface area contributed by atoms with Crippen LogP contribution in [0.3, 0.4) is 0 Å². The first-order valence-electron chi connectivity index (χ1n) is 5.00. The van der Waals surface area contributed by atoms with Gasteiger partial charge in [-0.2, -0.15) is 5.26 Å². The van der Waals surface area contributed by atoms with Crippen molar-refractivity contribution in [1.82, 2.24) is 5.32 Å². The molecule has 0 aromatic carbocycles. The van der Waals surface area contributed by atoms with Crippen LogP contribution < -0.4 is 5.32 Å². The van der Waals surface area contributed by atoms with E-state index in [9.17, 15) is 9.59 Å². The molecule has 1 fully saturated rings. The van der Waals surface area contributed by atoms with Crippen LogP contribution in [0.15, 0.2) is 0 Å². The van der Waals surface area contributed by atoms with Crippen LogP contribution in [-0.2, 0) is 9.59 Å². The first-order chi connectivity index (χ1) is 7.48. The Balaban J connectivity index is 2.33. The van der Waals surface area contributed by atoms with Crippen molar-refractivity contribution >= 4 is 23.6 Å². The highest BCUT2D eigenvalue weighted by Crippen LogP contribution is 2.39. The number of aliphatic carboxylic acids is 1. The molecule has 88 valence electrons. The molecule has 1 rings (SSSR count). The molecule has 0 aromatic heterocycles. The smallest absolute Gasteiger partial charge is 0.313 e. The summed E-state index contributed by atoms with van der Waals surface area (Å²) in [5.74, 6) is -0.993. The van der Waals surface area contributed by atoms with Gasteiger partial charge in [0.25, 0.3) is 0 Å². The van der Waals surface area contributed by atoms with Crippen molar-refractivity contribution in [2.24, 2.45) is 5.92 Å². The third-order valence-electron chi connectivity index (χ3n) is 2.48. The Morgan fingerprint density at radius 3 is 2.62 bits per heavy atom. The summed E-state index contributed by atoms with van der Waals surface area (Å²) in [5.41, 5.74) is -0.791. The molecule has 1 aliphatic rings. The molecule has 0 bridgehead atoms. The molecule has 1 amide bonds. The molecular weight excluding hydrogens is 228 g/mol. The number of carboxylic acid groups (broad SMARTS) is 1. The first-order valence-corrected chi connectivity index (χ1v) is 6.15. The van der Waals surface area contributed by atoms with Gasteiger partial charge in [-0.3, -0.25) is 9.59 Å². The SMILES string of the molecule is CC(C#N)(NC(=O)CSCC(=O)O)C1CC1. The van der Waals surface area contributed by atoms with E-state index in [1.807, 2.05) is 0 Å². The Morgan fingerprint density at radius 2 is 2.19 bits per heavy atom. The van der Waals surface area contributed by atoms with E-state index in [1.165, 1.54) is 0 Å². The van der Waals surface area contributed by atoms with Gasteiger partial charge in [0.2, 0.25) is 5.91 Å². The Morgan fingerprint density at radius 1 is 1.56 bits per heavy atom. The Hall–Kier alpha value is -1.22. The Bertz CT molecular complexity index is 335. The molecule has 1 saturated carbocycles. The number of amides is 1. The number of carbonyl (C=O) groups excluding carboxylic acids is 1. The number of nitrogens with zero attached hydrogens (tertiary/aromatic N) is 1. The molecule has 0 heterocycles. The van der Waals surface area contributed by atoms with E-state index >= 15 is 0 Å². The molecule has 1 aliphatic carbocycles. The molecule has 1 atom stereocenters. The number of carboxylic acids is 1. The monoisotopic (exact) mass is 242 g/mol. The number of hydrogen-bond donors (Lipinski definition) is 2. The Labute approximate surface area is 98.2 Å². The van der Waals surface area contributed by atoms with Crippen LogP contribution in [0.4, 0.5) is 0 Å². The normalized spacial score (nSPS) is 18.2. The summed E-state index contributed by atoms with van der Waals surface area (Å²) in [6.45, 7) is 1.71. The number of nitriles is 1. The summed E-state index contributed by atoms with van der Waals surface area (Å²) < 4.78 is 0. The number of nitrogens with one attached hydrogen (secondary N) is 1. The summed E-state index contributed by atoms with van der Waals surface area (Å²) in [5, 5.41) is 20.1. The zero-order valence-corrected chi connectivity index (χ0v) is 9.84. The van der Waals surface area contributed by atoms with E-state index in [0.29, 0.717) is 0 Å². The molecule has 6 heteroatoms. The molecule has 0 radical (unpaired) electrons. The van der Waals surface area contributed by atoms with Gasteiger partial charge in [-0.25, -0.2) is 0 Å². The van der Waals surface area contributed by atoms with E-state index < -0.39 is 11.5 Å². The predicted molar refractivity (Wildman–Crippen MR) is 59.8 cm³/mol. The van der Waals surface area contributed by atoms with Gasteiger partial charge in [-0.15, -0.1) is 11.8 Å². The number of rotatable bonds is 6. The largest absolute Gasteiger partial charge is 0.481 e. The van der Waals surface area contributed by atoms with Crippen molar-refractivity contribution in [3.05, 3.63) is 0 Å². The van der Waals surface area contributed by atoms with E-state index in [1.54, 1.807) is 6.92 Å². The van der Waals surface area contributed by atoms with Crippen LogP contribution >= 0.6 is 11.8 Å². The topological polar surface area (TPSA) is 90.2 Å². The van der Waals surface area contributed by atoms with Crippen LogP contribution in [0, 0.1) is 17.2 Å². The van der Waals surface area contributed by atoms with Crippen LogP contribution in [-0.4, -0.2) is 34.0 Å². The van der Waals surface area contributed by atoms with Gasteiger partial charge in [-0.1, -0.05) is 0 Å². The number of carbonyl (C=O) groups is 2. The van der Waals surface area contributed by atoms with Crippen molar-refractivity contribution in [1.29, 1.82) is 5.26 Å². The fraction of sp³-hybridized carbons (Fsp3) is 0.700. The Kier molecular flexibility index (Phi) is 4.19. The highest BCUT2D eigenvalue weighted by Gasteiger charge is 2.42.